The number of nitrogens with one attached hydrogen (secondary N) is 1. The first-order valence-electron chi connectivity index (χ1n) is 9.35. The summed E-state index contributed by atoms with van der Waals surface area (Å²) in [5.41, 5.74) is 3.68. The van der Waals surface area contributed by atoms with Gasteiger partial charge in [-0.25, -0.2) is 4.79 Å². The zero-order chi connectivity index (χ0) is 21.4. The molecule has 0 spiro atoms. The first-order valence-corrected chi connectivity index (χ1v) is 9.35. The van der Waals surface area contributed by atoms with Gasteiger partial charge < -0.3 is 19.5 Å². The van der Waals surface area contributed by atoms with E-state index in [9.17, 15) is 9.59 Å². The Kier molecular flexibility index (Phi) is 7.83. The molecule has 0 fully saturated rings. The number of amides is 1. The van der Waals surface area contributed by atoms with E-state index in [0.717, 1.165) is 16.7 Å². The number of hydrogen-bond acceptors (Lipinski definition) is 5. The molecule has 1 atom stereocenters. The monoisotopic (exact) mass is 397 g/mol. The van der Waals surface area contributed by atoms with E-state index in [1.54, 1.807) is 12.1 Å². The normalized spacial score (nSPS) is 11.8. The maximum absolute atomic E-state index is 12.3. The standard InChI is InChI=1S/C23H27NO5/c1-6-7-18-9-11-20(21(13-18)27-5)28-14-22(25)29-17(4)23(26)24-19-10-8-15(2)12-16(19)3/h6-13,17H,14H2,1-5H3,(H,24,26)/b7-6+. The van der Waals surface area contributed by atoms with Crippen LogP contribution in [0.5, 0.6) is 11.5 Å². The molecule has 0 radical (unpaired) electrons. The summed E-state index contributed by atoms with van der Waals surface area (Å²) in [5, 5.41) is 2.77. The lowest BCUT2D eigenvalue weighted by molar-refractivity contribution is -0.155. The molecular weight excluding hydrogens is 370 g/mol. The number of esters is 1. The number of allylic oxidation sites excluding steroid dienone is 1. The van der Waals surface area contributed by atoms with Gasteiger partial charge >= 0.3 is 5.97 Å². The van der Waals surface area contributed by atoms with Crippen LogP contribution in [0.25, 0.3) is 6.08 Å². The lowest BCUT2D eigenvalue weighted by atomic mass is 10.1. The Balaban J connectivity index is 1.90. The molecular formula is C23H27NO5. The van der Waals surface area contributed by atoms with E-state index in [0.29, 0.717) is 17.2 Å². The highest BCUT2D eigenvalue weighted by Crippen LogP contribution is 2.28. The number of aryl methyl sites for hydroxylation is 2. The van der Waals surface area contributed by atoms with Crippen molar-refractivity contribution in [3.05, 3.63) is 59.2 Å². The molecule has 2 aromatic carbocycles. The molecule has 2 aromatic rings. The first kappa shape index (κ1) is 22.0. The largest absolute Gasteiger partial charge is 0.493 e. The minimum Gasteiger partial charge on any atom is -0.493 e. The number of rotatable bonds is 8. The number of hydrogen-bond donors (Lipinski definition) is 1. The molecule has 0 saturated heterocycles. The van der Waals surface area contributed by atoms with E-state index in [-0.39, 0.29) is 6.61 Å². The molecule has 0 saturated carbocycles. The molecule has 0 heterocycles. The highest BCUT2D eigenvalue weighted by molar-refractivity contribution is 5.95. The number of methoxy groups -OCH3 is 1. The number of carbonyl (C=O) groups is 2. The molecule has 0 aromatic heterocycles. The summed E-state index contributed by atoms with van der Waals surface area (Å²) < 4.78 is 16.0. The van der Waals surface area contributed by atoms with Gasteiger partial charge in [-0.1, -0.05) is 35.9 Å². The van der Waals surface area contributed by atoms with Gasteiger partial charge in [0.05, 0.1) is 7.11 Å². The van der Waals surface area contributed by atoms with E-state index in [2.05, 4.69) is 5.32 Å². The average Bonchev–Trinajstić information content (AvgIpc) is 2.69. The summed E-state index contributed by atoms with van der Waals surface area (Å²) in [6, 6.07) is 11.1. The minimum absolute atomic E-state index is 0.333. The van der Waals surface area contributed by atoms with Crippen molar-refractivity contribution >= 4 is 23.6 Å². The second-order valence-corrected chi connectivity index (χ2v) is 6.64. The van der Waals surface area contributed by atoms with Crippen LogP contribution in [-0.2, 0) is 14.3 Å². The SMILES string of the molecule is C/C=C/c1ccc(OCC(=O)OC(C)C(=O)Nc2ccc(C)cc2C)c(OC)c1. The summed E-state index contributed by atoms with van der Waals surface area (Å²) in [4.78, 5) is 24.4. The van der Waals surface area contributed by atoms with Crippen LogP contribution in [0.4, 0.5) is 5.69 Å². The average molecular weight is 397 g/mol. The van der Waals surface area contributed by atoms with Crippen LogP contribution in [0.3, 0.4) is 0 Å². The Hall–Kier alpha value is -3.28. The van der Waals surface area contributed by atoms with Gasteiger partial charge in [0.15, 0.2) is 24.2 Å². The zero-order valence-corrected chi connectivity index (χ0v) is 17.4. The third-order valence-corrected chi connectivity index (χ3v) is 4.21. The molecule has 2 rings (SSSR count). The van der Waals surface area contributed by atoms with E-state index in [1.807, 2.05) is 57.2 Å². The summed E-state index contributed by atoms with van der Waals surface area (Å²) in [6.45, 7) is 6.99. The first-order chi connectivity index (χ1) is 13.8. The lowest BCUT2D eigenvalue weighted by Crippen LogP contribution is -2.31. The van der Waals surface area contributed by atoms with E-state index >= 15 is 0 Å². The van der Waals surface area contributed by atoms with Crippen LogP contribution in [0, 0.1) is 13.8 Å². The second kappa shape index (κ2) is 10.3. The van der Waals surface area contributed by atoms with Gasteiger partial charge in [-0.15, -0.1) is 0 Å². The molecule has 29 heavy (non-hydrogen) atoms. The van der Waals surface area contributed by atoms with Gasteiger partial charge in [0.1, 0.15) is 0 Å². The Morgan fingerprint density at radius 1 is 1.10 bits per heavy atom. The zero-order valence-electron chi connectivity index (χ0n) is 17.4. The fourth-order valence-electron chi connectivity index (χ4n) is 2.71. The van der Waals surface area contributed by atoms with Crippen molar-refractivity contribution in [3.63, 3.8) is 0 Å². The van der Waals surface area contributed by atoms with Crippen molar-refractivity contribution in [2.75, 3.05) is 19.0 Å². The van der Waals surface area contributed by atoms with Crippen LogP contribution < -0.4 is 14.8 Å². The van der Waals surface area contributed by atoms with Crippen molar-refractivity contribution in [3.8, 4) is 11.5 Å². The van der Waals surface area contributed by atoms with Crippen LogP contribution in [-0.4, -0.2) is 31.7 Å². The molecule has 154 valence electrons. The Morgan fingerprint density at radius 3 is 2.52 bits per heavy atom. The molecule has 0 aliphatic carbocycles. The van der Waals surface area contributed by atoms with E-state index in [4.69, 9.17) is 14.2 Å². The fraction of sp³-hybridized carbons (Fsp3) is 0.304. The molecule has 1 amide bonds. The van der Waals surface area contributed by atoms with Gasteiger partial charge in [0.2, 0.25) is 0 Å². The van der Waals surface area contributed by atoms with Crippen LogP contribution in [0.1, 0.15) is 30.5 Å². The van der Waals surface area contributed by atoms with E-state index in [1.165, 1.54) is 14.0 Å². The van der Waals surface area contributed by atoms with Crippen molar-refractivity contribution in [2.45, 2.75) is 33.8 Å². The topological polar surface area (TPSA) is 73.9 Å². The molecule has 0 aliphatic rings. The Morgan fingerprint density at radius 2 is 1.86 bits per heavy atom. The Bertz CT molecular complexity index is 904. The fourth-order valence-corrected chi connectivity index (χ4v) is 2.71. The molecule has 6 nitrogen and oxygen atoms in total. The highest BCUT2D eigenvalue weighted by atomic mass is 16.6. The second-order valence-electron chi connectivity index (χ2n) is 6.64. The quantitative estimate of drug-likeness (QED) is 0.673. The van der Waals surface area contributed by atoms with Crippen LogP contribution in [0.15, 0.2) is 42.5 Å². The van der Waals surface area contributed by atoms with Crippen LogP contribution >= 0.6 is 0 Å². The molecule has 1 N–H and O–H groups in total. The summed E-state index contributed by atoms with van der Waals surface area (Å²) >= 11 is 0. The maximum Gasteiger partial charge on any atom is 0.344 e. The predicted octanol–water partition coefficient (Wildman–Crippen LogP) is 4.29. The van der Waals surface area contributed by atoms with Gasteiger partial charge in [0, 0.05) is 5.69 Å². The van der Waals surface area contributed by atoms with Crippen molar-refractivity contribution in [1.82, 2.24) is 0 Å². The summed E-state index contributed by atoms with van der Waals surface area (Å²) in [5.74, 6) is -0.120. The van der Waals surface area contributed by atoms with Crippen LogP contribution in [0.2, 0.25) is 0 Å². The van der Waals surface area contributed by atoms with Gasteiger partial charge in [-0.2, -0.15) is 0 Å². The summed E-state index contributed by atoms with van der Waals surface area (Å²) in [6.07, 6.45) is 2.89. The minimum atomic E-state index is -0.953. The van der Waals surface area contributed by atoms with Gasteiger partial charge in [-0.3, -0.25) is 4.79 Å². The van der Waals surface area contributed by atoms with Crippen molar-refractivity contribution in [1.29, 1.82) is 0 Å². The summed E-state index contributed by atoms with van der Waals surface area (Å²) in [7, 11) is 1.53. The highest BCUT2D eigenvalue weighted by Gasteiger charge is 2.19. The third-order valence-electron chi connectivity index (χ3n) is 4.21. The van der Waals surface area contributed by atoms with Gasteiger partial charge in [-0.05, 0) is 57.0 Å². The number of anilines is 1. The number of carbonyl (C=O) groups excluding carboxylic acids is 2. The molecule has 0 aliphatic heterocycles. The lowest BCUT2D eigenvalue weighted by Gasteiger charge is -2.16. The van der Waals surface area contributed by atoms with E-state index < -0.39 is 18.0 Å². The Labute approximate surface area is 171 Å². The maximum atomic E-state index is 12.3. The third kappa shape index (κ3) is 6.38. The molecule has 6 heteroatoms. The molecule has 0 bridgehead atoms. The predicted molar refractivity (Wildman–Crippen MR) is 113 cm³/mol. The smallest absolute Gasteiger partial charge is 0.344 e. The van der Waals surface area contributed by atoms with Crippen molar-refractivity contribution < 1.29 is 23.8 Å². The molecule has 1 unspecified atom stereocenters. The number of ether oxygens (including phenoxy) is 3. The van der Waals surface area contributed by atoms with Gasteiger partial charge in [0.25, 0.3) is 5.91 Å². The van der Waals surface area contributed by atoms with Crippen molar-refractivity contribution in [2.24, 2.45) is 0 Å². The number of benzene rings is 2.